The minimum atomic E-state index is 0.671. The summed E-state index contributed by atoms with van der Waals surface area (Å²) in [5.41, 5.74) is 10.8. The quantitative estimate of drug-likeness (QED) is 0.174. The van der Waals surface area contributed by atoms with Crippen molar-refractivity contribution in [2.45, 2.75) is 0 Å². The van der Waals surface area contributed by atoms with Crippen molar-refractivity contribution in [3.05, 3.63) is 182 Å². The Hall–Kier alpha value is -6.84. The van der Waals surface area contributed by atoms with Crippen LogP contribution in [0.3, 0.4) is 0 Å². The lowest BCUT2D eigenvalue weighted by molar-refractivity contribution is 0.670. The summed E-state index contributed by atoms with van der Waals surface area (Å²) in [5, 5.41) is 7.16. The van der Waals surface area contributed by atoms with Crippen molar-refractivity contribution < 1.29 is 4.42 Å². The molecule has 0 radical (unpaired) electrons. The van der Waals surface area contributed by atoms with Crippen molar-refractivity contribution in [2.75, 3.05) is 0 Å². The highest BCUT2D eigenvalue weighted by Gasteiger charge is 2.21. The fourth-order valence-electron chi connectivity index (χ4n) is 7.45. The van der Waals surface area contributed by atoms with Gasteiger partial charge in [0.05, 0.1) is 17.0 Å². The lowest BCUT2D eigenvalue weighted by Gasteiger charge is -2.15. The molecule has 0 fully saturated rings. The topological polar surface area (TPSA) is 38.9 Å². The molecule has 0 spiro atoms. The van der Waals surface area contributed by atoms with Crippen LogP contribution in [-0.2, 0) is 0 Å². The van der Waals surface area contributed by atoms with E-state index >= 15 is 0 Å². The highest BCUT2D eigenvalue weighted by atomic mass is 16.3. The second-order valence-electron chi connectivity index (χ2n) is 12.9. The summed E-state index contributed by atoms with van der Waals surface area (Å²) in [6.45, 7) is 0. The molecule has 0 aliphatic heterocycles. The molecule has 10 aromatic rings. The molecule has 2 aromatic heterocycles. The summed E-state index contributed by atoms with van der Waals surface area (Å²) < 4.78 is 6.71. The molecule has 0 atom stereocenters. The van der Waals surface area contributed by atoms with Crippen molar-refractivity contribution >= 4 is 43.5 Å². The molecule has 0 saturated heterocycles. The Bertz CT molecular complexity index is 2830. The van der Waals surface area contributed by atoms with E-state index < -0.39 is 0 Å². The van der Waals surface area contributed by atoms with Crippen molar-refractivity contribution in [2.24, 2.45) is 0 Å². The molecule has 0 unspecified atom stereocenters. The Morgan fingerprint density at radius 1 is 0.353 bits per heavy atom. The molecule has 0 amide bonds. The van der Waals surface area contributed by atoms with E-state index in [1.807, 2.05) is 48.5 Å². The van der Waals surface area contributed by atoms with E-state index in [1.54, 1.807) is 0 Å². The van der Waals surface area contributed by atoms with Crippen LogP contribution in [0.2, 0.25) is 0 Å². The van der Waals surface area contributed by atoms with Crippen LogP contribution in [-0.4, -0.2) is 9.97 Å². The Balaban J connectivity index is 1.20. The molecular weight excluding hydrogens is 621 g/mol. The predicted octanol–water partition coefficient (Wildman–Crippen LogP) is 13.0. The van der Waals surface area contributed by atoms with Gasteiger partial charge in [0.1, 0.15) is 11.2 Å². The molecule has 0 bridgehead atoms. The van der Waals surface area contributed by atoms with Gasteiger partial charge in [-0.15, -0.1) is 0 Å². The Kier molecular flexibility index (Phi) is 6.81. The molecule has 3 heteroatoms. The van der Waals surface area contributed by atoms with Gasteiger partial charge >= 0.3 is 0 Å². The fraction of sp³-hybridized carbons (Fsp3) is 0. The molecule has 0 N–H and O–H groups in total. The van der Waals surface area contributed by atoms with Crippen LogP contribution < -0.4 is 0 Å². The standard InChI is InChI=1S/C48H30N2O/c1-3-13-33(14-4-1)43-30-44(50-48(49-43)34-15-5-2-6-16-34)46-37(27-28-41-40-21-11-12-22-45(40)51-47(41)46)31-23-25-32(26-24-31)42-29-35-17-7-8-18-36(35)38-19-9-10-20-39(38)42/h1-30H. The largest absolute Gasteiger partial charge is 0.455 e. The van der Waals surface area contributed by atoms with Crippen LogP contribution in [0, 0.1) is 0 Å². The third-order valence-electron chi connectivity index (χ3n) is 9.91. The zero-order valence-electron chi connectivity index (χ0n) is 27.6. The molecular formula is C48H30N2O. The number of nitrogens with zero attached hydrogens (tertiary/aromatic N) is 2. The van der Waals surface area contributed by atoms with E-state index in [2.05, 4.69) is 133 Å². The number of fused-ring (bicyclic) bond motifs is 6. The number of aromatic nitrogens is 2. The summed E-state index contributed by atoms with van der Waals surface area (Å²) >= 11 is 0. The molecule has 0 aliphatic carbocycles. The molecule has 10 rings (SSSR count). The van der Waals surface area contributed by atoms with Gasteiger partial charge < -0.3 is 4.42 Å². The highest BCUT2D eigenvalue weighted by Crippen LogP contribution is 2.43. The van der Waals surface area contributed by atoms with Gasteiger partial charge in [0, 0.05) is 21.9 Å². The van der Waals surface area contributed by atoms with Gasteiger partial charge in [-0.1, -0.05) is 158 Å². The second-order valence-corrected chi connectivity index (χ2v) is 12.9. The monoisotopic (exact) mass is 650 g/mol. The molecule has 51 heavy (non-hydrogen) atoms. The second kappa shape index (κ2) is 11.9. The number of rotatable bonds is 5. The van der Waals surface area contributed by atoms with Crippen LogP contribution in [0.5, 0.6) is 0 Å². The normalized spacial score (nSPS) is 11.5. The number of para-hydroxylation sites is 1. The first-order chi connectivity index (χ1) is 25.3. The fourth-order valence-corrected chi connectivity index (χ4v) is 7.45. The van der Waals surface area contributed by atoms with E-state index in [0.717, 1.165) is 61.1 Å². The zero-order chi connectivity index (χ0) is 33.7. The number of hydrogen-bond acceptors (Lipinski definition) is 3. The van der Waals surface area contributed by atoms with Gasteiger partial charge in [-0.2, -0.15) is 0 Å². The van der Waals surface area contributed by atoms with E-state index in [4.69, 9.17) is 14.4 Å². The minimum absolute atomic E-state index is 0.671. The van der Waals surface area contributed by atoms with Crippen LogP contribution in [0.4, 0.5) is 0 Å². The Morgan fingerprint density at radius 2 is 0.941 bits per heavy atom. The van der Waals surface area contributed by atoms with Gasteiger partial charge in [0.15, 0.2) is 5.82 Å². The smallest absolute Gasteiger partial charge is 0.160 e. The summed E-state index contributed by atoms with van der Waals surface area (Å²) in [6, 6.07) is 63.8. The number of benzene rings is 8. The molecule has 0 aliphatic rings. The summed E-state index contributed by atoms with van der Waals surface area (Å²) in [6.07, 6.45) is 0. The summed E-state index contributed by atoms with van der Waals surface area (Å²) in [5.74, 6) is 0.671. The van der Waals surface area contributed by atoms with Crippen molar-refractivity contribution in [1.29, 1.82) is 0 Å². The van der Waals surface area contributed by atoms with Gasteiger partial charge in [0.25, 0.3) is 0 Å². The third kappa shape index (κ3) is 4.98. The van der Waals surface area contributed by atoms with Crippen LogP contribution >= 0.6 is 0 Å². The zero-order valence-corrected chi connectivity index (χ0v) is 27.6. The van der Waals surface area contributed by atoms with Gasteiger partial charge in [-0.05, 0) is 68.1 Å². The average Bonchev–Trinajstić information content (AvgIpc) is 3.59. The predicted molar refractivity (Wildman–Crippen MR) is 212 cm³/mol. The number of hydrogen-bond donors (Lipinski definition) is 0. The van der Waals surface area contributed by atoms with E-state index in [0.29, 0.717) is 5.82 Å². The molecule has 8 aromatic carbocycles. The lowest BCUT2D eigenvalue weighted by Crippen LogP contribution is -1.97. The van der Waals surface area contributed by atoms with Crippen LogP contribution in [0.25, 0.3) is 99.6 Å². The Morgan fingerprint density at radius 3 is 1.71 bits per heavy atom. The molecule has 2 heterocycles. The maximum Gasteiger partial charge on any atom is 0.160 e. The first-order valence-electron chi connectivity index (χ1n) is 17.2. The third-order valence-corrected chi connectivity index (χ3v) is 9.91. The maximum absolute atomic E-state index is 6.71. The van der Waals surface area contributed by atoms with E-state index in [1.165, 1.54) is 32.7 Å². The first-order valence-corrected chi connectivity index (χ1v) is 17.2. The van der Waals surface area contributed by atoms with Gasteiger partial charge in [0.2, 0.25) is 0 Å². The van der Waals surface area contributed by atoms with Gasteiger partial charge in [-0.25, -0.2) is 9.97 Å². The van der Waals surface area contributed by atoms with E-state index in [9.17, 15) is 0 Å². The number of furan rings is 1. The van der Waals surface area contributed by atoms with Crippen molar-refractivity contribution in [1.82, 2.24) is 9.97 Å². The summed E-state index contributed by atoms with van der Waals surface area (Å²) in [7, 11) is 0. The van der Waals surface area contributed by atoms with E-state index in [-0.39, 0.29) is 0 Å². The van der Waals surface area contributed by atoms with Crippen LogP contribution in [0.15, 0.2) is 186 Å². The van der Waals surface area contributed by atoms with Gasteiger partial charge in [-0.3, -0.25) is 0 Å². The SMILES string of the molecule is c1ccc(-c2cc(-c3c(-c4ccc(-c5cc6ccccc6c6ccccc56)cc4)ccc4c3oc3ccccc34)nc(-c3ccccc3)n2)cc1. The van der Waals surface area contributed by atoms with Crippen LogP contribution in [0.1, 0.15) is 0 Å². The lowest BCUT2D eigenvalue weighted by atomic mass is 9.91. The molecule has 3 nitrogen and oxygen atoms in total. The molecule has 0 saturated carbocycles. The molecule has 238 valence electrons. The average molecular weight is 651 g/mol. The highest BCUT2D eigenvalue weighted by molar-refractivity contribution is 6.14. The van der Waals surface area contributed by atoms with Crippen molar-refractivity contribution in [3.8, 4) is 56.2 Å². The first kappa shape index (κ1) is 29.1. The maximum atomic E-state index is 6.71. The van der Waals surface area contributed by atoms with Crippen molar-refractivity contribution in [3.63, 3.8) is 0 Å². The minimum Gasteiger partial charge on any atom is -0.455 e. The summed E-state index contributed by atoms with van der Waals surface area (Å²) in [4.78, 5) is 10.3. The Labute approximate surface area is 295 Å².